The lowest BCUT2D eigenvalue weighted by Crippen LogP contribution is -2.29. The van der Waals surface area contributed by atoms with Gasteiger partial charge in [-0.2, -0.15) is 0 Å². The molecule has 3 aromatic carbocycles. The van der Waals surface area contributed by atoms with Crippen molar-refractivity contribution in [2.45, 2.75) is 16.1 Å². The van der Waals surface area contributed by atoms with Gasteiger partial charge in [0.05, 0.1) is 23.6 Å². The van der Waals surface area contributed by atoms with Crippen LogP contribution in [0.25, 0.3) is 5.76 Å². The van der Waals surface area contributed by atoms with Crippen molar-refractivity contribution < 1.29 is 24.4 Å². The number of ketones is 1. The number of benzene rings is 3. The van der Waals surface area contributed by atoms with Crippen LogP contribution in [0.15, 0.2) is 82.7 Å². The number of nitrogens with zero attached hydrogens (tertiary/aromatic N) is 4. The van der Waals surface area contributed by atoms with Gasteiger partial charge in [0.2, 0.25) is 5.13 Å². The van der Waals surface area contributed by atoms with E-state index in [2.05, 4.69) is 10.2 Å². The molecule has 0 bridgehead atoms. The molecule has 1 N–H and O–H groups in total. The third kappa shape index (κ3) is 5.41. The number of anilines is 1. The highest BCUT2D eigenvalue weighted by molar-refractivity contribution is 8.00. The number of hydrogen-bond donors (Lipinski definition) is 1. The molecule has 1 fully saturated rings. The summed E-state index contributed by atoms with van der Waals surface area (Å²) in [7, 11) is 1.49. The Labute approximate surface area is 241 Å². The van der Waals surface area contributed by atoms with E-state index in [0.717, 1.165) is 21.8 Å². The highest BCUT2D eigenvalue weighted by Gasteiger charge is 2.48. The molecule has 40 heavy (non-hydrogen) atoms. The fourth-order valence-corrected chi connectivity index (χ4v) is 6.09. The predicted octanol–water partition coefficient (Wildman–Crippen LogP) is 6.03. The number of aromatic nitrogens is 2. The molecule has 0 saturated carbocycles. The Hall–Kier alpha value is -4.26. The minimum atomic E-state index is -1.18. The first-order chi connectivity index (χ1) is 19.3. The van der Waals surface area contributed by atoms with Gasteiger partial charge < -0.3 is 9.84 Å². The molecule has 1 aromatic heterocycles. The summed E-state index contributed by atoms with van der Waals surface area (Å²) < 4.78 is 5.70. The minimum absolute atomic E-state index is 0.117. The maximum atomic E-state index is 13.4. The van der Waals surface area contributed by atoms with Crippen LogP contribution in [0.2, 0.25) is 5.02 Å². The number of halogens is 1. The van der Waals surface area contributed by atoms with Gasteiger partial charge in [0.25, 0.3) is 11.5 Å². The van der Waals surface area contributed by atoms with Gasteiger partial charge in [-0.15, -0.1) is 10.2 Å². The first-order valence-electron chi connectivity index (χ1n) is 11.7. The fraction of sp³-hybridized carbons (Fsp3) is 0.111. The lowest BCUT2D eigenvalue weighted by atomic mass is 9.95. The number of carbonyl (C=O) groups excluding carboxylic acids is 2. The number of rotatable bonds is 8. The third-order valence-corrected chi connectivity index (χ3v) is 8.46. The maximum Gasteiger partial charge on any atom is 0.301 e. The second kappa shape index (κ2) is 11.5. The molecule has 10 nitrogen and oxygen atoms in total. The molecule has 0 radical (unpaired) electrons. The normalized spacial score (nSPS) is 16.4. The molecule has 1 aliphatic rings. The Kier molecular flexibility index (Phi) is 7.83. The smallest absolute Gasteiger partial charge is 0.301 e. The van der Waals surface area contributed by atoms with E-state index >= 15 is 0 Å². The van der Waals surface area contributed by atoms with Gasteiger partial charge in [-0.3, -0.25) is 24.6 Å². The van der Waals surface area contributed by atoms with Gasteiger partial charge in [0.15, 0.2) is 4.34 Å². The minimum Gasteiger partial charge on any atom is -0.507 e. The summed E-state index contributed by atoms with van der Waals surface area (Å²) in [5, 5.41) is 31.8. The number of thioether (sulfide) groups is 1. The number of carbonyl (C=O) groups is 2. The Morgan fingerprint density at radius 1 is 1.12 bits per heavy atom. The zero-order valence-corrected chi connectivity index (χ0v) is 23.1. The molecule has 1 aliphatic heterocycles. The number of ether oxygens (including phenoxy) is 1. The number of nitro groups is 1. The average Bonchev–Trinajstić information content (AvgIpc) is 3.54. The van der Waals surface area contributed by atoms with E-state index in [9.17, 15) is 24.8 Å². The van der Waals surface area contributed by atoms with E-state index in [1.807, 2.05) is 12.1 Å². The van der Waals surface area contributed by atoms with Crippen molar-refractivity contribution >= 4 is 63.0 Å². The first kappa shape index (κ1) is 27.3. The lowest BCUT2D eigenvalue weighted by molar-refractivity contribution is -0.384. The number of hydrogen-bond acceptors (Lipinski definition) is 10. The molecule has 1 amide bonds. The number of methoxy groups -OCH3 is 1. The van der Waals surface area contributed by atoms with E-state index in [0.29, 0.717) is 20.9 Å². The molecule has 5 rings (SSSR count). The zero-order valence-electron chi connectivity index (χ0n) is 20.7. The fourth-order valence-electron chi connectivity index (χ4n) is 4.14. The van der Waals surface area contributed by atoms with Crippen LogP contribution in [0.4, 0.5) is 10.8 Å². The molecule has 1 atom stereocenters. The number of non-ortho nitro benzene ring substituents is 1. The van der Waals surface area contributed by atoms with E-state index in [1.165, 1.54) is 37.1 Å². The van der Waals surface area contributed by atoms with Crippen LogP contribution in [0.5, 0.6) is 5.75 Å². The Morgan fingerprint density at radius 3 is 2.52 bits per heavy atom. The summed E-state index contributed by atoms with van der Waals surface area (Å²) in [6.45, 7) is 0. The van der Waals surface area contributed by atoms with Crippen LogP contribution in [0, 0.1) is 10.1 Å². The maximum absolute atomic E-state index is 13.4. The van der Waals surface area contributed by atoms with E-state index < -0.39 is 28.4 Å². The summed E-state index contributed by atoms with van der Waals surface area (Å²) in [5.41, 5.74) is 1.08. The molecule has 1 saturated heterocycles. The van der Waals surface area contributed by atoms with Crippen molar-refractivity contribution in [3.05, 3.63) is 110 Å². The second-order valence-corrected chi connectivity index (χ2v) is 11.1. The van der Waals surface area contributed by atoms with Crippen molar-refractivity contribution in [1.29, 1.82) is 0 Å². The number of Topliss-reactive ketones (excluding diaryl/α,β-unsaturated/α-hetero) is 1. The van der Waals surface area contributed by atoms with Gasteiger partial charge >= 0.3 is 5.91 Å². The summed E-state index contributed by atoms with van der Waals surface area (Å²) >= 11 is 8.43. The van der Waals surface area contributed by atoms with Crippen LogP contribution in [-0.2, 0) is 15.3 Å². The van der Waals surface area contributed by atoms with Gasteiger partial charge in [-0.25, -0.2) is 0 Å². The summed E-state index contributed by atoms with van der Waals surface area (Å²) in [4.78, 5) is 38.8. The number of aliphatic hydroxyl groups excluding tert-OH is 1. The molecule has 13 heteroatoms. The van der Waals surface area contributed by atoms with Crippen LogP contribution in [0.3, 0.4) is 0 Å². The number of nitro benzene ring substituents is 1. The van der Waals surface area contributed by atoms with Crippen molar-refractivity contribution in [2.75, 3.05) is 12.0 Å². The molecule has 4 aromatic rings. The van der Waals surface area contributed by atoms with Crippen molar-refractivity contribution in [3.63, 3.8) is 0 Å². The lowest BCUT2D eigenvalue weighted by Gasteiger charge is -2.22. The largest absolute Gasteiger partial charge is 0.507 e. The van der Waals surface area contributed by atoms with E-state index in [4.69, 9.17) is 16.3 Å². The predicted molar refractivity (Wildman–Crippen MR) is 152 cm³/mol. The second-order valence-electron chi connectivity index (χ2n) is 8.52. The van der Waals surface area contributed by atoms with Gasteiger partial charge in [-0.05, 0) is 47.5 Å². The van der Waals surface area contributed by atoms with E-state index in [-0.39, 0.29) is 27.5 Å². The summed E-state index contributed by atoms with van der Waals surface area (Å²) in [5.74, 6) is -1.21. The van der Waals surface area contributed by atoms with Crippen molar-refractivity contribution in [1.82, 2.24) is 10.2 Å². The Balaban J connectivity index is 1.56. The van der Waals surface area contributed by atoms with Crippen LogP contribution in [-0.4, -0.2) is 39.0 Å². The van der Waals surface area contributed by atoms with Crippen LogP contribution >= 0.6 is 34.7 Å². The highest BCUT2D eigenvalue weighted by atomic mass is 35.5. The molecule has 2 heterocycles. The van der Waals surface area contributed by atoms with Gasteiger partial charge in [-0.1, -0.05) is 59.0 Å². The Bertz CT molecular complexity index is 1640. The first-order valence-corrected chi connectivity index (χ1v) is 13.9. The molecule has 202 valence electrons. The highest BCUT2D eigenvalue weighted by Crippen LogP contribution is 2.44. The molecule has 0 spiro atoms. The molecular formula is C27H19ClN4O6S2. The number of aliphatic hydroxyl groups is 1. The van der Waals surface area contributed by atoms with Gasteiger partial charge in [0, 0.05) is 28.5 Å². The SMILES string of the molecule is COc1ccc(/C(O)=C2/C(=O)C(=O)N(c3nnc(SCc4ccc(Cl)cc4)s3)C2c2cccc([N+](=O)[O-])c2)cc1. The summed E-state index contributed by atoms with van der Waals surface area (Å²) in [6.07, 6.45) is 0. The molecular weight excluding hydrogens is 576 g/mol. The van der Waals surface area contributed by atoms with Crippen LogP contribution in [0.1, 0.15) is 22.7 Å². The van der Waals surface area contributed by atoms with Crippen LogP contribution < -0.4 is 9.64 Å². The quantitative estimate of drug-likeness (QED) is 0.0493. The van der Waals surface area contributed by atoms with Crippen molar-refractivity contribution in [3.8, 4) is 5.75 Å². The standard InChI is InChI=1S/C27H19ClN4O6S2/c1-38-20-11-7-16(8-12-20)23(33)21-22(17-3-2-4-19(13-17)32(36)37)31(25(35)24(21)34)26-29-30-27(40-26)39-14-15-5-9-18(28)10-6-15/h2-13,22,33H,14H2,1H3/b23-21-. The number of amides is 1. The third-order valence-electron chi connectivity index (χ3n) is 6.08. The average molecular weight is 595 g/mol. The van der Waals surface area contributed by atoms with E-state index in [1.54, 1.807) is 42.5 Å². The molecule has 1 unspecified atom stereocenters. The van der Waals surface area contributed by atoms with Crippen molar-refractivity contribution in [2.24, 2.45) is 0 Å². The monoisotopic (exact) mass is 594 g/mol. The van der Waals surface area contributed by atoms with Gasteiger partial charge in [0.1, 0.15) is 11.5 Å². The summed E-state index contributed by atoms with van der Waals surface area (Å²) in [6, 6.07) is 18.0. The zero-order chi connectivity index (χ0) is 28.4. The topological polar surface area (TPSA) is 136 Å². The Morgan fingerprint density at radius 2 is 1.85 bits per heavy atom. The molecule has 0 aliphatic carbocycles.